The predicted octanol–water partition coefficient (Wildman–Crippen LogP) is 4.30. The molecule has 0 aliphatic rings. The van der Waals surface area contributed by atoms with E-state index in [0.717, 1.165) is 7.11 Å². The molecule has 0 amide bonds. The van der Waals surface area contributed by atoms with Gasteiger partial charge in [0.1, 0.15) is 5.75 Å². The first-order chi connectivity index (χ1) is 8.12. The van der Waals surface area contributed by atoms with E-state index < -0.39 is 34.8 Å². The molecule has 0 fully saturated rings. The molecule has 1 aromatic rings. The van der Waals surface area contributed by atoms with E-state index in [2.05, 4.69) is 4.74 Å². The number of benzene rings is 1. The first kappa shape index (κ1) is 14.7. The molecule has 1 rings (SSSR count). The zero-order valence-electron chi connectivity index (χ0n) is 9.54. The maximum absolute atomic E-state index is 12.6. The van der Waals surface area contributed by atoms with E-state index in [-0.39, 0.29) is 6.42 Å². The smallest absolute Gasteiger partial charge is 0.419 e. The van der Waals surface area contributed by atoms with E-state index in [1.807, 2.05) is 0 Å². The largest absolute Gasteiger partial charge is 0.496 e. The molecular weight excluding hydrogens is 262 g/mol. The minimum Gasteiger partial charge on any atom is -0.496 e. The van der Waals surface area contributed by atoms with Crippen molar-refractivity contribution in [2.45, 2.75) is 25.7 Å². The SMILES string of the molecule is CCc1c(C(F)(F)F)ccc(C(F)(F)F)c1OC. The summed E-state index contributed by atoms with van der Waals surface area (Å²) in [5.74, 6) is -0.764. The van der Waals surface area contributed by atoms with Crippen molar-refractivity contribution in [1.29, 1.82) is 0 Å². The normalized spacial score (nSPS) is 12.7. The molecule has 0 N–H and O–H groups in total. The van der Waals surface area contributed by atoms with Crippen molar-refractivity contribution in [3.8, 4) is 5.75 Å². The fourth-order valence-corrected chi connectivity index (χ4v) is 1.70. The molecule has 0 atom stereocenters. The topological polar surface area (TPSA) is 9.23 Å². The third kappa shape index (κ3) is 2.70. The van der Waals surface area contributed by atoms with Gasteiger partial charge in [-0.2, -0.15) is 26.3 Å². The number of hydrogen-bond donors (Lipinski definition) is 0. The van der Waals surface area contributed by atoms with Gasteiger partial charge in [0, 0.05) is 5.56 Å². The van der Waals surface area contributed by atoms with Gasteiger partial charge in [0.25, 0.3) is 0 Å². The van der Waals surface area contributed by atoms with Gasteiger partial charge in [0.05, 0.1) is 18.2 Å². The fourth-order valence-electron chi connectivity index (χ4n) is 1.70. The number of hydrogen-bond acceptors (Lipinski definition) is 1. The number of rotatable bonds is 2. The van der Waals surface area contributed by atoms with Gasteiger partial charge in [0.2, 0.25) is 0 Å². The van der Waals surface area contributed by atoms with Crippen LogP contribution >= 0.6 is 0 Å². The van der Waals surface area contributed by atoms with Gasteiger partial charge >= 0.3 is 12.4 Å². The number of alkyl halides is 6. The molecule has 0 heterocycles. The van der Waals surface area contributed by atoms with Crippen molar-refractivity contribution < 1.29 is 31.1 Å². The lowest BCUT2D eigenvalue weighted by molar-refractivity contribution is -0.142. The molecule has 0 aromatic heterocycles. The highest BCUT2D eigenvalue weighted by Gasteiger charge is 2.40. The number of halogens is 6. The van der Waals surface area contributed by atoms with Crippen LogP contribution in [-0.2, 0) is 18.8 Å². The zero-order chi connectivity index (χ0) is 14.1. The Morgan fingerprint density at radius 1 is 0.944 bits per heavy atom. The summed E-state index contributed by atoms with van der Waals surface area (Å²) < 4.78 is 80.3. The van der Waals surface area contributed by atoms with Crippen LogP contribution in [0.2, 0.25) is 0 Å². The van der Waals surface area contributed by atoms with Crippen molar-refractivity contribution >= 4 is 0 Å². The molecule has 0 unspecified atom stereocenters. The van der Waals surface area contributed by atoms with Crippen LogP contribution in [0.3, 0.4) is 0 Å². The summed E-state index contributed by atoms with van der Waals surface area (Å²) in [4.78, 5) is 0. The Labute approximate surface area is 99.4 Å². The summed E-state index contributed by atoms with van der Waals surface area (Å²) in [6, 6.07) is 0.824. The van der Waals surface area contributed by atoms with Gasteiger partial charge in [-0.1, -0.05) is 6.92 Å². The van der Waals surface area contributed by atoms with Gasteiger partial charge in [-0.3, -0.25) is 0 Å². The molecule has 0 saturated heterocycles. The third-order valence-electron chi connectivity index (χ3n) is 2.43. The Kier molecular flexibility index (Phi) is 3.83. The van der Waals surface area contributed by atoms with Crippen molar-refractivity contribution in [2.75, 3.05) is 7.11 Å². The Morgan fingerprint density at radius 3 is 1.72 bits per heavy atom. The Balaban J connectivity index is 3.57. The highest BCUT2D eigenvalue weighted by molar-refractivity contribution is 5.49. The van der Waals surface area contributed by atoms with Crippen LogP contribution in [0.5, 0.6) is 5.75 Å². The summed E-state index contributed by atoms with van der Waals surface area (Å²) >= 11 is 0. The van der Waals surface area contributed by atoms with Gasteiger partial charge < -0.3 is 4.74 Å². The lowest BCUT2D eigenvalue weighted by Crippen LogP contribution is -2.15. The molecule has 1 aromatic carbocycles. The van der Waals surface area contributed by atoms with E-state index in [0.29, 0.717) is 12.1 Å². The van der Waals surface area contributed by atoms with E-state index in [1.54, 1.807) is 0 Å². The van der Waals surface area contributed by atoms with Crippen molar-refractivity contribution in [2.24, 2.45) is 0 Å². The van der Waals surface area contributed by atoms with Crippen LogP contribution in [0, 0.1) is 0 Å². The Morgan fingerprint density at radius 2 is 1.39 bits per heavy atom. The molecule has 7 heteroatoms. The molecule has 0 aliphatic heterocycles. The van der Waals surface area contributed by atoms with Gasteiger partial charge in [0.15, 0.2) is 0 Å². The highest BCUT2D eigenvalue weighted by Crippen LogP contribution is 2.43. The summed E-state index contributed by atoms with van der Waals surface area (Å²) in [5.41, 5.74) is -2.79. The molecular formula is C11H10F6O. The maximum atomic E-state index is 12.6. The maximum Gasteiger partial charge on any atom is 0.419 e. The molecule has 102 valence electrons. The summed E-state index contributed by atoms with van der Waals surface area (Å²) in [5, 5.41) is 0. The van der Waals surface area contributed by atoms with Crippen LogP contribution in [0.1, 0.15) is 23.6 Å². The van der Waals surface area contributed by atoms with Gasteiger partial charge in [-0.05, 0) is 18.6 Å². The van der Waals surface area contributed by atoms with Crippen LogP contribution in [0.25, 0.3) is 0 Å². The van der Waals surface area contributed by atoms with Crippen LogP contribution in [-0.4, -0.2) is 7.11 Å². The van der Waals surface area contributed by atoms with Crippen LogP contribution in [0.15, 0.2) is 12.1 Å². The predicted molar refractivity (Wildman–Crippen MR) is 52.4 cm³/mol. The lowest BCUT2D eigenvalue weighted by atomic mass is 9.99. The van der Waals surface area contributed by atoms with Crippen molar-refractivity contribution in [3.63, 3.8) is 0 Å². The second-order valence-electron chi connectivity index (χ2n) is 3.52. The lowest BCUT2D eigenvalue weighted by Gasteiger charge is -2.19. The van der Waals surface area contributed by atoms with Crippen LogP contribution < -0.4 is 4.74 Å². The number of methoxy groups -OCH3 is 1. The summed E-state index contributed by atoms with van der Waals surface area (Å²) in [6.45, 7) is 1.34. The average Bonchev–Trinajstić information content (AvgIpc) is 2.24. The molecule has 0 aliphatic carbocycles. The van der Waals surface area contributed by atoms with E-state index in [1.165, 1.54) is 6.92 Å². The zero-order valence-corrected chi connectivity index (χ0v) is 9.54. The summed E-state index contributed by atoms with van der Waals surface area (Å²) in [7, 11) is 0.921. The Hall–Kier alpha value is -1.40. The Bertz CT molecular complexity index is 391. The van der Waals surface area contributed by atoms with E-state index in [4.69, 9.17) is 0 Å². The minimum absolute atomic E-state index is 0.206. The number of ether oxygens (including phenoxy) is 1. The first-order valence-corrected chi connectivity index (χ1v) is 4.97. The van der Waals surface area contributed by atoms with E-state index >= 15 is 0 Å². The first-order valence-electron chi connectivity index (χ1n) is 4.97. The van der Waals surface area contributed by atoms with E-state index in [9.17, 15) is 26.3 Å². The second kappa shape index (κ2) is 4.70. The molecule has 0 saturated carbocycles. The second-order valence-corrected chi connectivity index (χ2v) is 3.52. The highest BCUT2D eigenvalue weighted by atomic mass is 19.4. The molecule has 0 bridgehead atoms. The molecule has 0 radical (unpaired) electrons. The average molecular weight is 272 g/mol. The summed E-state index contributed by atoms with van der Waals surface area (Å²) in [6.07, 6.45) is -9.66. The minimum atomic E-state index is -4.75. The van der Waals surface area contributed by atoms with Crippen LogP contribution in [0.4, 0.5) is 26.3 Å². The standard InChI is InChI=1S/C11H10F6O/c1-3-6-7(10(12,13)14)4-5-8(9(6)18-2)11(15,16)17/h4-5H,3H2,1-2H3. The quantitative estimate of drug-likeness (QED) is 0.729. The molecule has 0 spiro atoms. The third-order valence-corrected chi connectivity index (χ3v) is 2.43. The van der Waals surface area contributed by atoms with Gasteiger partial charge in [-0.15, -0.1) is 0 Å². The molecule has 1 nitrogen and oxygen atoms in total. The fraction of sp³-hybridized carbons (Fsp3) is 0.455. The van der Waals surface area contributed by atoms with Crippen molar-refractivity contribution in [1.82, 2.24) is 0 Å². The van der Waals surface area contributed by atoms with Gasteiger partial charge in [-0.25, -0.2) is 0 Å². The van der Waals surface area contributed by atoms with Crippen molar-refractivity contribution in [3.05, 3.63) is 28.8 Å². The molecule has 18 heavy (non-hydrogen) atoms. The monoisotopic (exact) mass is 272 g/mol.